The summed E-state index contributed by atoms with van der Waals surface area (Å²) in [6.45, 7) is 2.98. The van der Waals surface area contributed by atoms with E-state index >= 15 is 0 Å². The third-order valence-corrected chi connectivity index (χ3v) is 7.39. The van der Waals surface area contributed by atoms with E-state index in [1.54, 1.807) is 0 Å². The highest BCUT2D eigenvalue weighted by molar-refractivity contribution is 5.89. The van der Waals surface area contributed by atoms with Crippen molar-refractivity contribution < 1.29 is 19.1 Å². The van der Waals surface area contributed by atoms with E-state index < -0.39 is 0 Å². The molecular weight excluding hydrogens is 412 g/mol. The van der Waals surface area contributed by atoms with Crippen molar-refractivity contribution in [3.63, 3.8) is 0 Å². The second kappa shape index (κ2) is 12.9. The Morgan fingerprint density at radius 3 is 2.70 bits per heavy atom. The Morgan fingerprint density at radius 1 is 1.12 bits per heavy atom. The largest absolute Gasteiger partial charge is 0.466 e. The zero-order chi connectivity index (χ0) is 23.5. The second-order valence-corrected chi connectivity index (χ2v) is 9.75. The van der Waals surface area contributed by atoms with Gasteiger partial charge in [-0.15, -0.1) is 0 Å². The van der Waals surface area contributed by atoms with Gasteiger partial charge in [-0.05, 0) is 56.1 Å². The van der Waals surface area contributed by atoms with Crippen LogP contribution < -0.4 is 0 Å². The maximum Gasteiger partial charge on any atom is 0.330 e. The molecule has 180 valence electrons. The van der Waals surface area contributed by atoms with Crippen LogP contribution in [0, 0.1) is 17.3 Å². The van der Waals surface area contributed by atoms with Crippen molar-refractivity contribution in [3.8, 4) is 0 Å². The van der Waals surface area contributed by atoms with Crippen LogP contribution in [0.25, 0.3) is 0 Å². The van der Waals surface area contributed by atoms with Crippen LogP contribution in [-0.4, -0.2) is 31.6 Å². The summed E-state index contributed by atoms with van der Waals surface area (Å²) < 4.78 is 10.9. The second-order valence-electron chi connectivity index (χ2n) is 9.75. The van der Waals surface area contributed by atoms with Gasteiger partial charge < -0.3 is 9.47 Å². The molecule has 0 unspecified atom stereocenters. The Morgan fingerprint density at radius 2 is 1.94 bits per heavy atom. The number of unbranched alkanes of at least 4 members (excludes halogenated alkanes) is 4. The molecule has 1 aromatic carbocycles. The van der Waals surface area contributed by atoms with Crippen molar-refractivity contribution in [2.45, 2.75) is 77.2 Å². The number of fused-ring (bicyclic) bond motifs is 2. The predicted octanol–water partition coefficient (Wildman–Crippen LogP) is 6.25. The van der Waals surface area contributed by atoms with E-state index in [9.17, 15) is 9.59 Å². The highest BCUT2D eigenvalue weighted by atomic mass is 16.5. The molecule has 2 bridgehead atoms. The van der Waals surface area contributed by atoms with Crippen molar-refractivity contribution in [2.24, 2.45) is 17.3 Å². The number of carbonyl (C=O) groups is 2. The molecule has 0 radical (unpaired) electrons. The summed E-state index contributed by atoms with van der Waals surface area (Å²) in [6, 6.07) is 10.7. The van der Waals surface area contributed by atoms with Crippen molar-refractivity contribution in [3.05, 3.63) is 60.2 Å². The highest BCUT2D eigenvalue weighted by Gasteiger charge is 2.57. The Labute approximate surface area is 199 Å². The van der Waals surface area contributed by atoms with E-state index in [0.717, 1.165) is 64.4 Å². The quantitative estimate of drug-likeness (QED) is 0.190. The number of ether oxygens (including phenoxy) is 2. The lowest BCUT2D eigenvalue weighted by Gasteiger charge is -2.38. The lowest BCUT2D eigenvalue weighted by molar-refractivity contribution is -0.134. The molecule has 2 aliphatic rings. The van der Waals surface area contributed by atoms with Crippen LogP contribution in [0.3, 0.4) is 0 Å². The molecule has 4 atom stereocenters. The zero-order valence-corrected chi connectivity index (χ0v) is 20.3. The first kappa shape index (κ1) is 25.4. The van der Waals surface area contributed by atoms with E-state index in [2.05, 4.69) is 48.1 Å². The van der Waals surface area contributed by atoms with Crippen molar-refractivity contribution >= 4 is 11.8 Å². The fraction of sp³-hybridized carbons (Fsp3) is 0.586. The van der Waals surface area contributed by atoms with Crippen molar-refractivity contribution in [1.29, 1.82) is 0 Å². The van der Waals surface area contributed by atoms with E-state index in [-0.39, 0.29) is 23.3 Å². The van der Waals surface area contributed by atoms with Crippen molar-refractivity contribution in [1.82, 2.24) is 0 Å². The molecule has 1 saturated heterocycles. The molecule has 0 aromatic heterocycles. The molecule has 0 spiro atoms. The number of benzene rings is 1. The Bertz CT molecular complexity index is 812. The zero-order valence-electron chi connectivity index (χ0n) is 20.3. The fourth-order valence-corrected chi connectivity index (χ4v) is 5.70. The summed E-state index contributed by atoms with van der Waals surface area (Å²) >= 11 is 0. The number of carbonyl (C=O) groups excluding carboxylic acids is 2. The first-order chi connectivity index (χ1) is 16.1. The van der Waals surface area contributed by atoms with Gasteiger partial charge in [0.05, 0.1) is 19.8 Å². The summed E-state index contributed by atoms with van der Waals surface area (Å²) in [5, 5.41) is 0. The van der Waals surface area contributed by atoms with Crippen LogP contribution in [0.2, 0.25) is 0 Å². The standard InChI is InChI=1S/C29H40O4/c1-3-4-8-15-24(30)18-19-25-26(16-11-5-6-12-17-28(31)32-2)29(21-27(25)33-22-29)20-23-13-9-7-10-14-23/h7,9-10,12-14,17-19,25-27H,3-6,8,11,15-16,20-22H2,1-2H3/t25-,26-,27-,29-/m1/s1. The maximum atomic E-state index is 12.4. The third kappa shape index (κ3) is 7.14. The lowest BCUT2D eigenvalue weighted by atomic mass is 9.69. The van der Waals surface area contributed by atoms with Gasteiger partial charge in [0.25, 0.3) is 0 Å². The fourth-order valence-electron chi connectivity index (χ4n) is 5.70. The molecule has 33 heavy (non-hydrogen) atoms. The average molecular weight is 453 g/mol. The normalized spacial score (nSPS) is 26.4. The Balaban J connectivity index is 1.65. The summed E-state index contributed by atoms with van der Waals surface area (Å²) in [4.78, 5) is 23.6. The van der Waals surface area contributed by atoms with Gasteiger partial charge in [-0.25, -0.2) is 4.79 Å². The summed E-state index contributed by atoms with van der Waals surface area (Å²) in [7, 11) is 1.40. The van der Waals surface area contributed by atoms with Crippen LogP contribution in [0.4, 0.5) is 0 Å². The van der Waals surface area contributed by atoms with Crippen LogP contribution in [0.1, 0.15) is 70.3 Å². The highest BCUT2D eigenvalue weighted by Crippen LogP contribution is 2.57. The molecule has 0 N–H and O–H groups in total. The summed E-state index contributed by atoms with van der Waals surface area (Å²) in [5.74, 6) is 0.773. The van der Waals surface area contributed by atoms with Crippen LogP contribution in [0.15, 0.2) is 54.6 Å². The van der Waals surface area contributed by atoms with Crippen molar-refractivity contribution in [2.75, 3.05) is 13.7 Å². The smallest absolute Gasteiger partial charge is 0.330 e. The maximum absolute atomic E-state index is 12.4. The number of methoxy groups -OCH3 is 1. The first-order valence-corrected chi connectivity index (χ1v) is 12.7. The van der Waals surface area contributed by atoms with Gasteiger partial charge in [0.15, 0.2) is 5.78 Å². The predicted molar refractivity (Wildman–Crippen MR) is 132 cm³/mol. The molecule has 1 aliphatic heterocycles. The number of allylic oxidation sites excluding steroid dienone is 2. The average Bonchev–Trinajstić information content (AvgIpc) is 3.36. The molecule has 2 fully saturated rings. The minimum absolute atomic E-state index is 0.147. The van der Waals surface area contributed by atoms with Gasteiger partial charge >= 0.3 is 5.97 Å². The molecule has 4 heteroatoms. The summed E-state index contributed by atoms with van der Waals surface area (Å²) in [5.41, 5.74) is 1.52. The number of hydrogen-bond acceptors (Lipinski definition) is 4. The van der Waals surface area contributed by atoms with E-state index in [4.69, 9.17) is 4.74 Å². The van der Waals surface area contributed by atoms with Gasteiger partial charge in [-0.2, -0.15) is 0 Å². The van der Waals surface area contributed by atoms with Crippen LogP contribution >= 0.6 is 0 Å². The monoisotopic (exact) mass is 452 g/mol. The molecule has 1 aliphatic carbocycles. The minimum atomic E-state index is -0.295. The van der Waals surface area contributed by atoms with Gasteiger partial charge in [-0.3, -0.25) is 4.79 Å². The lowest BCUT2D eigenvalue weighted by Crippen LogP contribution is -2.37. The van der Waals surface area contributed by atoms with E-state index in [0.29, 0.717) is 18.3 Å². The van der Waals surface area contributed by atoms with Crippen LogP contribution in [0.5, 0.6) is 0 Å². The third-order valence-electron chi connectivity index (χ3n) is 7.39. The number of esters is 1. The Kier molecular flexibility index (Phi) is 9.93. The topological polar surface area (TPSA) is 52.6 Å². The molecule has 3 rings (SSSR count). The number of hydrogen-bond donors (Lipinski definition) is 0. The molecule has 0 amide bonds. The van der Waals surface area contributed by atoms with Crippen LogP contribution in [-0.2, 0) is 25.5 Å². The molecular formula is C29H40O4. The SMILES string of the molecule is CCCCCC(=O)C=C[C@@H]1[C@@H](CCCCC=CC(=O)OC)[C@@]2(Cc3ccccc3)CO[C@@H]1C2. The van der Waals surface area contributed by atoms with E-state index in [1.807, 2.05) is 12.2 Å². The number of rotatable bonds is 14. The number of ketones is 1. The van der Waals surface area contributed by atoms with Gasteiger partial charge in [0.1, 0.15) is 0 Å². The summed E-state index contributed by atoms with van der Waals surface area (Å²) in [6.07, 6.45) is 17.8. The molecule has 1 aromatic rings. The van der Waals surface area contributed by atoms with E-state index in [1.165, 1.54) is 18.7 Å². The molecule has 1 heterocycles. The van der Waals surface area contributed by atoms with Gasteiger partial charge in [0.2, 0.25) is 0 Å². The van der Waals surface area contributed by atoms with Gasteiger partial charge in [0, 0.05) is 23.8 Å². The minimum Gasteiger partial charge on any atom is -0.466 e. The first-order valence-electron chi connectivity index (χ1n) is 12.7. The Hall–Kier alpha value is -2.20. The molecule has 1 saturated carbocycles. The molecule has 4 nitrogen and oxygen atoms in total. The van der Waals surface area contributed by atoms with Gasteiger partial charge in [-0.1, -0.05) is 68.7 Å².